The molecule has 6 rings (SSSR count). The Labute approximate surface area is 278 Å². The van der Waals surface area contributed by atoms with Crippen LogP contribution in [0.25, 0.3) is 33.3 Å². The van der Waals surface area contributed by atoms with Gasteiger partial charge >= 0.3 is 6.09 Å². The minimum atomic E-state index is -3.69. The molecule has 252 valence electrons. The SMILES string of the molecule is CC(C)S(=O)(=O)n1cc(C(=O)NCc2nc3ccc(-c4cc(F)cc(N5CCN(C(=O)OC(C)(C)C)CC5)c4)nc3[nH]2)c2ccccc21. The summed E-state index contributed by atoms with van der Waals surface area (Å²) in [6.07, 6.45) is 0.999. The Kier molecular flexibility index (Phi) is 8.62. The molecule has 0 bridgehead atoms. The second-order valence-electron chi connectivity index (χ2n) is 13.0. The molecule has 2 aromatic carbocycles. The monoisotopic (exact) mass is 675 g/mol. The molecular formula is C34H38FN7O5S. The Morgan fingerprint density at radius 2 is 1.75 bits per heavy atom. The molecule has 1 fully saturated rings. The van der Waals surface area contributed by atoms with Gasteiger partial charge in [0, 0.05) is 49.0 Å². The molecular weight excluding hydrogens is 637 g/mol. The number of aromatic nitrogens is 4. The summed E-state index contributed by atoms with van der Waals surface area (Å²) in [5.41, 5.74) is 2.93. The number of fused-ring (bicyclic) bond motifs is 2. The summed E-state index contributed by atoms with van der Waals surface area (Å²) in [4.78, 5) is 41.8. The second-order valence-corrected chi connectivity index (χ2v) is 15.4. The predicted octanol–water partition coefficient (Wildman–Crippen LogP) is 5.29. The lowest BCUT2D eigenvalue weighted by Crippen LogP contribution is -2.50. The van der Waals surface area contributed by atoms with E-state index in [-0.39, 0.29) is 18.2 Å². The molecule has 0 saturated carbocycles. The van der Waals surface area contributed by atoms with Gasteiger partial charge in [0.25, 0.3) is 5.91 Å². The Hall–Kier alpha value is -4.98. The van der Waals surface area contributed by atoms with Gasteiger partial charge in [0.2, 0.25) is 10.0 Å². The van der Waals surface area contributed by atoms with Crippen LogP contribution in [0.5, 0.6) is 0 Å². The summed E-state index contributed by atoms with van der Waals surface area (Å²) in [5.74, 6) is -0.406. The fraction of sp³-hybridized carbons (Fsp3) is 0.353. The summed E-state index contributed by atoms with van der Waals surface area (Å²) >= 11 is 0. The minimum Gasteiger partial charge on any atom is -0.444 e. The number of hydrogen-bond acceptors (Lipinski definition) is 8. The number of carbonyl (C=O) groups excluding carboxylic acids is 2. The van der Waals surface area contributed by atoms with E-state index in [4.69, 9.17) is 4.74 Å². The number of amides is 2. The van der Waals surface area contributed by atoms with Gasteiger partial charge in [0.15, 0.2) is 5.65 Å². The highest BCUT2D eigenvalue weighted by atomic mass is 32.2. The molecule has 0 radical (unpaired) electrons. The van der Waals surface area contributed by atoms with Crippen LogP contribution in [0.4, 0.5) is 14.9 Å². The maximum atomic E-state index is 14.9. The molecule has 4 heterocycles. The molecule has 3 aromatic heterocycles. The van der Waals surface area contributed by atoms with Gasteiger partial charge in [-0.3, -0.25) is 4.79 Å². The number of anilines is 1. The number of ether oxygens (including phenoxy) is 1. The topological polar surface area (TPSA) is 143 Å². The van der Waals surface area contributed by atoms with Crippen LogP contribution in [0.2, 0.25) is 0 Å². The lowest BCUT2D eigenvalue weighted by atomic mass is 10.1. The van der Waals surface area contributed by atoms with Crippen molar-refractivity contribution < 1.29 is 27.1 Å². The summed E-state index contributed by atoms with van der Waals surface area (Å²) < 4.78 is 47.4. The number of nitrogens with one attached hydrogen (secondary N) is 2. The van der Waals surface area contributed by atoms with Crippen molar-refractivity contribution in [2.24, 2.45) is 0 Å². The van der Waals surface area contributed by atoms with E-state index in [9.17, 15) is 22.4 Å². The van der Waals surface area contributed by atoms with Crippen molar-refractivity contribution in [3.63, 3.8) is 0 Å². The van der Waals surface area contributed by atoms with Crippen molar-refractivity contribution in [2.75, 3.05) is 31.1 Å². The summed E-state index contributed by atoms with van der Waals surface area (Å²) in [7, 11) is -3.69. The van der Waals surface area contributed by atoms with Crippen LogP contribution in [0, 0.1) is 5.82 Å². The number of aromatic amines is 1. The first-order chi connectivity index (χ1) is 22.7. The zero-order valence-electron chi connectivity index (χ0n) is 27.4. The lowest BCUT2D eigenvalue weighted by molar-refractivity contribution is 0.0240. The molecule has 48 heavy (non-hydrogen) atoms. The Morgan fingerprint density at radius 1 is 1.02 bits per heavy atom. The van der Waals surface area contributed by atoms with Gasteiger partial charge in [0.1, 0.15) is 22.8 Å². The molecule has 1 saturated heterocycles. The van der Waals surface area contributed by atoms with E-state index in [1.165, 1.54) is 18.3 Å². The molecule has 1 aliphatic heterocycles. The Balaban J connectivity index is 1.16. The van der Waals surface area contributed by atoms with Crippen LogP contribution in [-0.2, 0) is 21.3 Å². The number of nitrogens with zero attached hydrogens (tertiary/aromatic N) is 5. The smallest absolute Gasteiger partial charge is 0.410 e. The first kappa shape index (κ1) is 32.9. The number of carbonyl (C=O) groups is 2. The molecule has 0 atom stereocenters. The van der Waals surface area contributed by atoms with Crippen molar-refractivity contribution in [3.8, 4) is 11.3 Å². The number of H-pyrrole nitrogens is 1. The predicted molar refractivity (Wildman–Crippen MR) is 182 cm³/mol. The number of imidazole rings is 1. The molecule has 12 nitrogen and oxygen atoms in total. The van der Waals surface area contributed by atoms with Gasteiger partial charge in [-0.1, -0.05) is 18.2 Å². The zero-order valence-corrected chi connectivity index (χ0v) is 28.3. The van der Waals surface area contributed by atoms with Crippen LogP contribution in [-0.4, -0.2) is 81.3 Å². The van der Waals surface area contributed by atoms with Crippen LogP contribution < -0.4 is 10.2 Å². The van der Waals surface area contributed by atoms with Crippen molar-refractivity contribution >= 4 is 49.8 Å². The third-order valence-corrected chi connectivity index (χ3v) is 10.1. The van der Waals surface area contributed by atoms with Crippen molar-refractivity contribution in [2.45, 2.75) is 52.0 Å². The third-order valence-electron chi connectivity index (χ3n) is 8.08. The number of hydrogen-bond donors (Lipinski definition) is 2. The van der Waals surface area contributed by atoms with Gasteiger partial charge in [-0.15, -0.1) is 0 Å². The number of benzene rings is 2. The molecule has 0 unspecified atom stereocenters. The molecule has 0 aliphatic carbocycles. The fourth-order valence-corrected chi connectivity index (χ4v) is 6.73. The van der Waals surface area contributed by atoms with Crippen LogP contribution >= 0.6 is 0 Å². The maximum absolute atomic E-state index is 14.9. The first-order valence-electron chi connectivity index (χ1n) is 15.7. The average molecular weight is 676 g/mol. The normalized spacial score (nSPS) is 14.2. The van der Waals surface area contributed by atoms with E-state index in [0.29, 0.717) is 71.0 Å². The molecule has 0 spiro atoms. The van der Waals surface area contributed by atoms with Crippen molar-refractivity contribution in [3.05, 3.63) is 78.0 Å². The van der Waals surface area contributed by atoms with E-state index in [1.807, 2.05) is 31.7 Å². The molecule has 14 heteroatoms. The fourth-order valence-electron chi connectivity index (χ4n) is 5.59. The highest BCUT2D eigenvalue weighted by Gasteiger charge is 2.27. The zero-order chi connectivity index (χ0) is 34.4. The van der Waals surface area contributed by atoms with Gasteiger partial charge in [-0.25, -0.2) is 31.5 Å². The van der Waals surface area contributed by atoms with E-state index < -0.39 is 32.6 Å². The molecule has 1 aliphatic rings. The van der Waals surface area contributed by atoms with Gasteiger partial charge in [-0.05, 0) is 71.0 Å². The summed E-state index contributed by atoms with van der Waals surface area (Å²) in [6, 6.07) is 15.2. The third kappa shape index (κ3) is 6.70. The highest BCUT2D eigenvalue weighted by molar-refractivity contribution is 7.90. The Bertz CT molecular complexity index is 2130. The maximum Gasteiger partial charge on any atom is 0.410 e. The van der Waals surface area contributed by atoms with Crippen molar-refractivity contribution in [1.82, 2.24) is 29.1 Å². The largest absolute Gasteiger partial charge is 0.444 e. The standard InChI is InChI=1S/C34H38FN7O5S/c1-21(2)48(45,46)42-20-26(25-8-6-7-9-29(25)42)32(43)36-19-30-37-28-11-10-27(38-31(28)39-30)22-16-23(35)18-24(17-22)40-12-14-41(15-13-40)33(44)47-34(3,4)5/h6-11,16-18,20-21H,12-15,19H2,1-5H3,(H,36,43)(H,37,38,39). The Morgan fingerprint density at radius 3 is 2.46 bits per heavy atom. The van der Waals surface area contributed by atoms with E-state index in [1.54, 1.807) is 55.1 Å². The van der Waals surface area contributed by atoms with E-state index in [2.05, 4.69) is 20.3 Å². The lowest BCUT2D eigenvalue weighted by Gasteiger charge is -2.36. The number of halogens is 1. The quantitative estimate of drug-likeness (QED) is 0.237. The van der Waals surface area contributed by atoms with Gasteiger partial charge in [0.05, 0.1) is 28.6 Å². The number of para-hydroxylation sites is 1. The minimum absolute atomic E-state index is 0.0420. The first-order valence-corrected chi connectivity index (χ1v) is 17.2. The van der Waals surface area contributed by atoms with E-state index in [0.717, 1.165) is 3.97 Å². The van der Waals surface area contributed by atoms with E-state index >= 15 is 0 Å². The molecule has 5 aromatic rings. The highest BCUT2D eigenvalue weighted by Crippen LogP contribution is 2.28. The summed E-state index contributed by atoms with van der Waals surface area (Å²) in [5, 5.41) is 2.68. The van der Waals surface area contributed by atoms with Crippen LogP contribution in [0.15, 0.2) is 60.8 Å². The molecule has 2 N–H and O–H groups in total. The average Bonchev–Trinajstić information content (AvgIpc) is 3.64. The van der Waals surface area contributed by atoms with Crippen LogP contribution in [0.1, 0.15) is 50.8 Å². The summed E-state index contributed by atoms with van der Waals surface area (Å²) in [6.45, 7) is 10.7. The second kappa shape index (κ2) is 12.6. The van der Waals surface area contributed by atoms with Gasteiger partial charge in [-0.2, -0.15) is 0 Å². The number of piperazine rings is 1. The molecule has 2 amide bonds. The number of rotatable bonds is 7. The van der Waals surface area contributed by atoms with Crippen molar-refractivity contribution in [1.29, 1.82) is 0 Å². The van der Waals surface area contributed by atoms with Gasteiger partial charge < -0.3 is 24.8 Å². The van der Waals surface area contributed by atoms with Crippen LogP contribution in [0.3, 0.4) is 0 Å². The number of pyridine rings is 1.